The number of rotatable bonds is 4. The molecule has 0 spiro atoms. The molecule has 1 aliphatic heterocycles. The summed E-state index contributed by atoms with van der Waals surface area (Å²) in [4.78, 5) is 45.4. The van der Waals surface area contributed by atoms with Crippen molar-refractivity contribution in [2.45, 2.75) is 13.5 Å². The molecule has 0 fully saturated rings. The van der Waals surface area contributed by atoms with Gasteiger partial charge in [0.15, 0.2) is 0 Å². The van der Waals surface area contributed by atoms with E-state index in [1.807, 2.05) is 6.07 Å². The highest BCUT2D eigenvalue weighted by Gasteiger charge is 2.41. The maximum Gasteiger partial charge on any atom is 0.340 e. The number of hydrogen-bond donors (Lipinski definition) is 0. The first-order chi connectivity index (χ1) is 16.4. The first kappa shape index (κ1) is 22.1. The van der Waals surface area contributed by atoms with E-state index in [9.17, 15) is 14.4 Å². The maximum atomic E-state index is 13.5. The number of nitrogens with zero attached hydrogens (tertiary/aromatic N) is 2. The van der Waals surface area contributed by atoms with E-state index < -0.39 is 17.8 Å². The maximum absolute atomic E-state index is 13.5. The summed E-state index contributed by atoms with van der Waals surface area (Å²) < 4.78 is 5.45. The van der Waals surface area contributed by atoms with Crippen molar-refractivity contribution in [1.82, 2.24) is 4.98 Å². The molecule has 6 nitrogen and oxygen atoms in total. The molecular weight excluding hydrogens is 475 g/mol. The van der Waals surface area contributed by atoms with Crippen LogP contribution in [0.4, 0.5) is 5.69 Å². The fourth-order valence-corrected chi connectivity index (χ4v) is 4.52. The van der Waals surface area contributed by atoms with Crippen molar-refractivity contribution >= 4 is 57.6 Å². The van der Waals surface area contributed by atoms with Crippen LogP contribution in [0.25, 0.3) is 10.9 Å². The molecule has 1 aromatic heterocycles. The second-order valence-electron chi connectivity index (χ2n) is 7.74. The van der Waals surface area contributed by atoms with Crippen LogP contribution in [0, 0.1) is 6.92 Å². The third kappa shape index (κ3) is 3.61. The Labute approximate surface area is 204 Å². The molecule has 0 saturated carbocycles. The Hall–Kier alpha value is -3.74. The number of carbonyl (C=O) groups excluding carboxylic acids is 3. The smallest absolute Gasteiger partial charge is 0.340 e. The molecule has 0 radical (unpaired) electrons. The van der Waals surface area contributed by atoms with Gasteiger partial charge in [-0.15, -0.1) is 0 Å². The lowest BCUT2D eigenvalue weighted by Crippen LogP contribution is -2.31. The summed E-state index contributed by atoms with van der Waals surface area (Å²) in [7, 11) is 0. The van der Waals surface area contributed by atoms with Crippen LogP contribution in [0.3, 0.4) is 0 Å². The Morgan fingerprint density at radius 2 is 1.65 bits per heavy atom. The zero-order valence-corrected chi connectivity index (χ0v) is 19.4. The summed E-state index contributed by atoms with van der Waals surface area (Å²) in [6, 6.07) is 18.3. The quantitative estimate of drug-likeness (QED) is 0.258. The molecule has 168 valence electrons. The van der Waals surface area contributed by atoms with E-state index in [1.165, 1.54) is 6.07 Å². The Morgan fingerprint density at radius 3 is 2.44 bits per heavy atom. The molecule has 2 amide bonds. The fourth-order valence-electron chi connectivity index (χ4n) is 4.05. The monoisotopic (exact) mass is 490 g/mol. The highest BCUT2D eigenvalue weighted by atomic mass is 35.5. The van der Waals surface area contributed by atoms with Gasteiger partial charge in [0.05, 0.1) is 33.6 Å². The van der Waals surface area contributed by atoms with E-state index in [-0.39, 0.29) is 29.0 Å². The number of ether oxygens (including phenoxy) is 1. The number of hydrogen-bond acceptors (Lipinski definition) is 5. The van der Waals surface area contributed by atoms with Gasteiger partial charge in [0, 0.05) is 21.0 Å². The van der Waals surface area contributed by atoms with Gasteiger partial charge < -0.3 is 4.74 Å². The number of anilines is 1. The summed E-state index contributed by atoms with van der Waals surface area (Å²) in [5.41, 5.74) is 2.39. The van der Waals surface area contributed by atoms with Gasteiger partial charge in [-0.25, -0.2) is 9.69 Å². The normalized spacial score (nSPS) is 12.9. The number of halogens is 2. The van der Waals surface area contributed by atoms with Crippen molar-refractivity contribution < 1.29 is 19.1 Å². The van der Waals surface area contributed by atoms with E-state index in [0.717, 1.165) is 4.90 Å². The zero-order chi connectivity index (χ0) is 24.0. The summed E-state index contributed by atoms with van der Waals surface area (Å²) in [6.07, 6.45) is 0. The van der Waals surface area contributed by atoms with E-state index in [4.69, 9.17) is 27.9 Å². The van der Waals surface area contributed by atoms with E-state index in [1.54, 1.807) is 61.5 Å². The minimum absolute atomic E-state index is 0.0806. The standard InChI is InChI=1S/C26H16Cl2N2O4/c1-14-22-23(17-6-2-4-8-20(17)29-14)25(32)30(24(22)31)21-9-5-3-7-18(21)26(33)34-13-15-10-11-16(27)12-19(15)28/h2-12H,13H2,1H3. The number of esters is 1. The number of carbonyl (C=O) groups is 3. The number of imide groups is 1. The van der Waals surface area contributed by atoms with Crippen LogP contribution in [-0.2, 0) is 11.3 Å². The van der Waals surface area contributed by atoms with Crippen LogP contribution in [0.5, 0.6) is 0 Å². The Bertz CT molecular complexity index is 1520. The van der Waals surface area contributed by atoms with Gasteiger partial charge in [-0.05, 0) is 37.3 Å². The minimum atomic E-state index is -0.696. The summed E-state index contributed by atoms with van der Waals surface area (Å²) in [5, 5.41) is 1.42. The summed E-state index contributed by atoms with van der Waals surface area (Å²) in [6.45, 7) is 1.59. The topological polar surface area (TPSA) is 76.6 Å². The number of para-hydroxylation sites is 2. The van der Waals surface area contributed by atoms with Gasteiger partial charge in [-0.2, -0.15) is 0 Å². The second-order valence-corrected chi connectivity index (χ2v) is 8.58. The molecule has 0 N–H and O–H groups in total. The van der Waals surface area contributed by atoms with Crippen LogP contribution in [0.15, 0.2) is 66.7 Å². The summed E-state index contributed by atoms with van der Waals surface area (Å²) in [5.74, 6) is -1.74. The lowest BCUT2D eigenvalue weighted by atomic mass is 10.0. The number of aromatic nitrogens is 1. The first-order valence-corrected chi connectivity index (χ1v) is 11.1. The summed E-state index contributed by atoms with van der Waals surface area (Å²) >= 11 is 12.1. The predicted octanol–water partition coefficient (Wildman–Crippen LogP) is 6.01. The van der Waals surface area contributed by atoms with Gasteiger partial charge in [0.25, 0.3) is 11.8 Å². The fraction of sp³-hybridized carbons (Fsp3) is 0.0769. The van der Waals surface area contributed by atoms with Gasteiger partial charge in [0.1, 0.15) is 6.61 Å². The number of aryl methyl sites for hydroxylation is 1. The third-order valence-corrected chi connectivity index (χ3v) is 6.23. The number of benzene rings is 3. The Morgan fingerprint density at radius 1 is 0.941 bits per heavy atom. The van der Waals surface area contributed by atoms with Crippen molar-refractivity contribution in [3.63, 3.8) is 0 Å². The van der Waals surface area contributed by atoms with Crippen LogP contribution >= 0.6 is 23.2 Å². The molecule has 1 aliphatic rings. The lowest BCUT2D eigenvalue weighted by molar-refractivity contribution is 0.0474. The van der Waals surface area contributed by atoms with Crippen molar-refractivity contribution in [2.75, 3.05) is 4.90 Å². The van der Waals surface area contributed by atoms with Crippen LogP contribution in [-0.4, -0.2) is 22.8 Å². The van der Waals surface area contributed by atoms with Crippen molar-refractivity contribution in [1.29, 1.82) is 0 Å². The van der Waals surface area contributed by atoms with Crippen LogP contribution in [0.2, 0.25) is 10.0 Å². The average Bonchev–Trinajstić information content (AvgIpc) is 3.09. The molecule has 8 heteroatoms. The molecule has 0 unspecified atom stereocenters. The molecule has 2 heterocycles. The van der Waals surface area contributed by atoms with Gasteiger partial charge in [-0.3, -0.25) is 14.6 Å². The van der Waals surface area contributed by atoms with Gasteiger partial charge >= 0.3 is 5.97 Å². The number of amides is 2. The highest BCUT2D eigenvalue weighted by molar-refractivity contribution is 6.38. The predicted molar refractivity (Wildman–Crippen MR) is 130 cm³/mol. The van der Waals surface area contributed by atoms with Gasteiger partial charge in [0.2, 0.25) is 0 Å². The molecule has 4 aromatic rings. The van der Waals surface area contributed by atoms with Gasteiger partial charge in [-0.1, -0.05) is 59.6 Å². The Kier molecular flexibility index (Phi) is 5.55. The lowest BCUT2D eigenvalue weighted by Gasteiger charge is -2.17. The number of fused-ring (bicyclic) bond motifs is 3. The first-order valence-electron chi connectivity index (χ1n) is 10.3. The molecule has 5 rings (SSSR count). The second kappa shape index (κ2) is 8.56. The van der Waals surface area contributed by atoms with E-state index >= 15 is 0 Å². The number of pyridine rings is 1. The minimum Gasteiger partial charge on any atom is -0.457 e. The molecular formula is C26H16Cl2N2O4. The molecule has 0 aliphatic carbocycles. The molecule has 0 saturated heterocycles. The highest BCUT2D eigenvalue weighted by Crippen LogP contribution is 2.36. The van der Waals surface area contributed by atoms with Crippen molar-refractivity contribution in [3.8, 4) is 0 Å². The Balaban J connectivity index is 1.51. The van der Waals surface area contributed by atoms with E-state index in [0.29, 0.717) is 32.2 Å². The molecule has 3 aromatic carbocycles. The SMILES string of the molecule is Cc1nc2ccccc2c2c1C(=O)N(c1ccccc1C(=O)OCc1ccc(Cl)cc1Cl)C2=O. The van der Waals surface area contributed by atoms with Crippen LogP contribution in [0.1, 0.15) is 42.3 Å². The molecule has 0 bridgehead atoms. The average molecular weight is 491 g/mol. The van der Waals surface area contributed by atoms with Crippen LogP contribution < -0.4 is 4.90 Å². The largest absolute Gasteiger partial charge is 0.457 e. The molecule has 34 heavy (non-hydrogen) atoms. The molecule has 0 atom stereocenters. The van der Waals surface area contributed by atoms with Crippen molar-refractivity contribution in [2.24, 2.45) is 0 Å². The van der Waals surface area contributed by atoms with Crippen molar-refractivity contribution in [3.05, 3.63) is 105 Å². The van der Waals surface area contributed by atoms with E-state index in [2.05, 4.69) is 4.98 Å². The third-order valence-electron chi connectivity index (χ3n) is 5.65. The zero-order valence-electron chi connectivity index (χ0n) is 17.8.